The standard InChI is InChI=1S/C22H38O2Si/c1-10-22(5,6)20(23-7)18-13-11-12-17-16(18)14-15-19(17)24-25(8,9)21(2,3)4/h11-13,19-20H,10,14-15H2,1-9H3. The smallest absolute Gasteiger partial charge is 0.192 e. The van der Waals surface area contributed by atoms with Crippen LogP contribution < -0.4 is 0 Å². The molecule has 142 valence electrons. The quantitative estimate of drug-likeness (QED) is 0.517. The number of hydrogen-bond acceptors (Lipinski definition) is 2. The number of hydrogen-bond donors (Lipinski definition) is 0. The van der Waals surface area contributed by atoms with E-state index in [2.05, 4.69) is 72.8 Å². The predicted molar refractivity (Wildman–Crippen MR) is 110 cm³/mol. The number of rotatable bonds is 6. The molecule has 0 bridgehead atoms. The van der Waals surface area contributed by atoms with E-state index in [4.69, 9.17) is 9.16 Å². The molecule has 0 fully saturated rings. The monoisotopic (exact) mass is 362 g/mol. The van der Waals surface area contributed by atoms with Crippen molar-refractivity contribution in [1.29, 1.82) is 0 Å². The van der Waals surface area contributed by atoms with Crippen LogP contribution in [0.5, 0.6) is 0 Å². The lowest BCUT2D eigenvalue weighted by Crippen LogP contribution is -2.41. The van der Waals surface area contributed by atoms with Crippen LogP contribution in [0.15, 0.2) is 18.2 Å². The van der Waals surface area contributed by atoms with E-state index >= 15 is 0 Å². The van der Waals surface area contributed by atoms with Crippen molar-refractivity contribution >= 4 is 8.32 Å². The van der Waals surface area contributed by atoms with Crippen LogP contribution in [0.1, 0.15) is 83.3 Å². The molecule has 0 saturated heterocycles. The summed E-state index contributed by atoms with van der Waals surface area (Å²) < 4.78 is 12.7. The van der Waals surface area contributed by atoms with Crippen molar-refractivity contribution in [3.05, 3.63) is 34.9 Å². The highest BCUT2D eigenvalue weighted by Crippen LogP contribution is 2.47. The first-order chi connectivity index (χ1) is 11.4. The molecule has 2 rings (SSSR count). The van der Waals surface area contributed by atoms with Gasteiger partial charge in [0.2, 0.25) is 0 Å². The highest BCUT2D eigenvalue weighted by atomic mass is 28.4. The number of methoxy groups -OCH3 is 1. The van der Waals surface area contributed by atoms with Crippen LogP contribution >= 0.6 is 0 Å². The summed E-state index contributed by atoms with van der Waals surface area (Å²) in [6.07, 6.45) is 3.68. The fourth-order valence-electron chi connectivity index (χ4n) is 3.60. The lowest BCUT2D eigenvalue weighted by molar-refractivity contribution is 0.00236. The number of fused-ring (bicyclic) bond motifs is 1. The van der Waals surface area contributed by atoms with Gasteiger partial charge >= 0.3 is 0 Å². The molecule has 2 nitrogen and oxygen atoms in total. The zero-order valence-corrected chi connectivity index (χ0v) is 18.8. The molecule has 0 heterocycles. The molecular formula is C22H38O2Si. The van der Waals surface area contributed by atoms with E-state index in [0.29, 0.717) is 0 Å². The molecule has 25 heavy (non-hydrogen) atoms. The second-order valence-electron chi connectivity index (χ2n) is 9.78. The van der Waals surface area contributed by atoms with Crippen molar-refractivity contribution in [2.75, 3.05) is 7.11 Å². The van der Waals surface area contributed by atoms with E-state index in [0.717, 1.165) is 19.3 Å². The fraction of sp³-hybridized carbons (Fsp3) is 0.727. The molecule has 0 saturated carbocycles. The zero-order chi connectivity index (χ0) is 19.0. The van der Waals surface area contributed by atoms with Crippen molar-refractivity contribution in [2.24, 2.45) is 5.41 Å². The molecule has 0 aliphatic heterocycles. The molecule has 2 atom stereocenters. The summed E-state index contributed by atoms with van der Waals surface area (Å²) in [7, 11) is 0.0812. The Bertz CT molecular complexity index is 599. The minimum Gasteiger partial charge on any atom is -0.410 e. The van der Waals surface area contributed by atoms with Gasteiger partial charge in [-0.15, -0.1) is 0 Å². The van der Waals surface area contributed by atoms with E-state index in [1.54, 1.807) is 0 Å². The Hall–Kier alpha value is -0.643. The normalized spacial score (nSPS) is 19.8. The minimum atomic E-state index is -1.77. The Balaban J connectivity index is 2.37. The third-order valence-electron chi connectivity index (χ3n) is 6.63. The van der Waals surface area contributed by atoms with E-state index in [9.17, 15) is 0 Å². The molecule has 0 spiro atoms. The molecule has 1 aliphatic rings. The van der Waals surface area contributed by atoms with Crippen molar-refractivity contribution in [3.63, 3.8) is 0 Å². The largest absolute Gasteiger partial charge is 0.410 e. The van der Waals surface area contributed by atoms with Gasteiger partial charge in [-0.25, -0.2) is 0 Å². The summed E-state index contributed by atoms with van der Waals surface area (Å²) >= 11 is 0. The first kappa shape index (κ1) is 20.7. The molecule has 0 N–H and O–H groups in total. The second kappa shape index (κ2) is 7.17. The lowest BCUT2D eigenvalue weighted by atomic mass is 9.78. The van der Waals surface area contributed by atoms with Gasteiger partial charge in [-0.2, -0.15) is 0 Å². The molecule has 1 aromatic carbocycles. The van der Waals surface area contributed by atoms with Crippen molar-refractivity contribution in [1.82, 2.24) is 0 Å². The summed E-state index contributed by atoms with van der Waals surface area (Å²) in [6.45, 7) is 18.5. The first-order valence-electron chi connectivity index (χ1n) is 9.77. The van der Waals surface area contributed by atoms with Gasteiger partial charge in [0, 0.05) is 7.11 Å². The van der Waals surface area contributed by atoms with Crippen molar-refractivity contribution in [3.8, 4) is 0 Å². The maximum absolute atomic E-state index is 6.77. The summed E-state index contributed by atoms with van der Waals surface area (Å²) in [5.41, 5.74) is 4.37. The minimum absolute atomic E-state index is 0.127. The molecule has 0 amide bonds. The summed E-state index contributed by atoms with van der Waals surface area (Å²) in [5, 5.41) is 0.243. The van der Waals surface area contributed by atoms with Gasteiger partial charge in [0.15, 0.2) is 8.32 Å². The SMILES string of the molecule is CCC(C)(C)C(OC)c1cccc2c1CCC2O[Si](C)(C)C(C)(C)C. The third-order valence-corrected chi connectivity index (χ3v) is 11.1. The molecule has 1 aromatic rings. The Kier molecular flexibility index (Phi) is 5.93. The topological polar surface area (TPSA) is 18.5 Å². The summed E-state index contributed by atoms with van der Waals surface area (Å²) in [5.74, 6) is 0. The van der Waals surface area contributed by atoms with Crippen LogP contribution in [0.3, 0.4) is 0 Å². The average Bonchev–Trinajstić information content (AvgIpc) is 2.90. The molecule has 1 aliphatic carbocycles. The van der Waals surface area contributed by atoms with Gasteiger partial charge in [-0.1, -0.05) is 59.7 Å². The van der Waals surface area contributed by atoms with Gasteiger partial charge in [-0.05, 0) is 59.5 Å². The van der Waals surface area contributed by atoms with Gasteiger partial charge in [0.1, 0.15) is 0 Å². The second-order valence-corrected chi connectivity index (χ2v) is 14.5. The first-order valence-corrected chi connectivity index (χ1v) is 12.7. The van der Waals surface area contributed by atoms with Crippen molar-refractivity contribution in [2.45, 2.75) is 91.1 Å². The van der Waals surface area contributed by atoms with Gasteiger partial charge in [-0.3, -0.25) is 0 Å². The zero-order valence-electron chi connectivity index (χ0n) is 17.8. The molecule has 0 aromatic heterocycles. The molecule has 3 heteroatoms. The summed E-state index contributed by atoms with van der Waals surface area (Å²) in [6, 6.07) is 6.73. The van der Waals surface area contributed by atoms with E-state index in [-0.39, 0.29) is 22.7 Å². The van der Waals surface area contributed by atoms with Gasteiger partial charge in [0.25, 0.3) is 0 Å². The molecule has 2 unspecified atom stereocenters. The van der Waals surface area contributed by atoms with Crippen LogP contribution in [-0.4, -0.2) is 15.4 Å². The highest BCUT2D eigenvalue weighted by Gasteiger charge is 2.41. The van der Waals surface area contributed by atoms with Crippen LogP contribution in [0.2, 0.25) is 18.1 Å². The Morgan fingerprint density at radius 1 is 1.16 bits per heavy atom. The van der Waals surface area contributed by atoms with Crippen LogP contribution in [0, 0.1) is 5.41 Å². The fourth-order valence-corrected chi connectivity index (χ4v) is 4.91. The van der Waals surface area contributed by atoms with Crippen LogP contribution in [0.4, 0.5) is 0 Å². The molecular weight excluding hydrogens is 324 g/mol. The third kappa shape index (κ3) is 4.04. The summed E-state index contributed by atoms with van der Waals surface area (Å²) in [4.78, 5) is 0. The van der Waals surface area contributed by atoms with Gasteiger partial charge < -0.3 is 9.16 Å². The lowest BCUT2D eigenvalue weighted by Gasteiger charge is -2.38. The Morgan fingerprint density at radius 2 is 1.80 bits per heavy atom. The Labute approximate surface area is 156 Å². The van der Waals surface area contributed by atoms with E-state index in [1.165, 1.54) is 16.7 Å². The maximum atomic E-state index is 6.77. The number of benzene rings is 1. The molecule has 0 radical (unpaired) electrons. The average molecular weight is 363 g/mol. The highest BCUT2D eigenvalue weighted by molar-refractivity contribution is 6.74. The number of ether oxygens (including phenoxy) is 1. The van der Waals surface area contributed by atoms with Gasteiger partial charge in [0.05, 0.1) is 12.2 Å². The van der Waals surface area contributed by atoms with Crippen LogP contribution in [0.25, 0.3) is 0 Å². The van der Waals surface area contributed by atoms with E-state index < -0.39 is 8.32 Å². The Morgan fingerprint density at radius 3 is 2.32 bits per heavy atom. The predicted octanol–water partition coefficient (Wildman–Crippen LogP) is 6.82. The van der Waals surface area contributed by atoms with Crippen LogP contribution in [-0.2, 0) is 15.6 Å². The van der Waals surface area contributed by atoms with E-state index in [1.807, 2.05) is 7.11 Å². The van der Waals surface area contributed by atoms with Crippen molar-refractivity contribution < 1.29 is 9.16 Å². The maximum Gasteiger partial charge on any atom is 0.192 e.